The average Bonchev–Trinajstić information content (AvgIpc) is 3.01. The molecule has 4 heteroatoms. The largest absolute Gasteiger partial charge is 0.319 e. The molecule has 0 radical (unpaired) electrons. The number of fused-ring (bicyclic) bond motifs is 1. The van der Waals surface area contributed by atoms with Crippen molar-refractivity contribution < 1.29 is 4.79 Å². The van der Waals surface area contributed by atoms with Crippen LogP contribution in [0.4, 0.5) is 0 Å². The van der Waals surface area contributed by atoms with Gasteiger partial charge in [-0.3, -0.25) is 15.0 Å². The van der Waals surface area contributed by atoms with Gasteiger partial charge in [0.05, 0.1) is 0 Å². The maximum absolute atomic E-state index is 12.7. The summed E-state index contributed by atoms with van der Waals surface area (Å²) in [5, 5.41) is 3.30. The fourth-order valence-corrected chi connectivity index (χ4v) is 4.21. The van der Waals surface area contributed by atoms with Crippen LogP contribution in [0.15, 0.2) is 60.7 Å². The molecule has 0 saturated heterocycles. The minimum atomic E-state index is -0.000338. The second-order valence-electron chi connectivity index (χ2n) is 7.28. The van der Waals surface area contributed by atoms with Crippen molar-refractivity contribution in [3.8, 4) is 0 Å². The van der Waals surface area contributed by atoms with Gasteiger partial charge in [-0.25, -0.2) is 0 Å². The van der Waals surface area contributed by atoms with Gasteiger partial charge in [-0.1, -0.05) is 54.6 Å². The number of amides is 1. The van der Waals surface area contributed by atoms with Crippen LogP contribution in [0.5, 0.6) is 0 Å². The molecule has 0 saturated carbocycles. The maximum atomic E-state index is 12.7. The number of carbonyl (C=O) groups excluding carboxylic acids is 1. The highest BCUT2D eigenvalue weighted by molar-refractivity contribution is 5.99. The van der Waals surface area contributed by atoms with Gasteiger partial charge in [0.25, 0.3) is 5.91 Å². The van der Waals surface area contributed by atoms with Crippen molar-refractivity contribution in [2.75, 3.05) is 33.2 Å². The van der Waals surface area contributed by atoms with Crippen molar-refractivity contribution in [3.63, 3.8) is 0 Å². The van der Waals surface area contributed by atoms with E-state index in [9.17, 15) is 4.79 Å². The topological polar surface area (TPSA) is 35.6 Å². The van der Waals surface area contributed by atoms with Crippen LogP contribution in [0.1, 0.15) is 40.5 Å². The van der Waals surface area contributed by atoms with Gasteiger partial charge in [0.15, 0.2) is 0 Å². The first-order valence-electron chi connectivity index (χ1n) is 9.82. The molecule has 0 aromatic heterocycles. The maximum Gasteiger partial charge on any atom is 0.255 e. The summed E-state index contributed by atoms with van der Waals surface area (Å²) in [6.45, 7) is 3.89. The average molecular weight is 361 g/mol. The van der Waals surface area contributed by atoms with E-state index >= 15 is 0 Å². The Kier molecular flexibility index (Phi) is 5.37. The molecule has 0 spiro atoms. The van der Waals surface area contributed by atoms with Crippen LogP contribution in [0.25, 0.3) is 5.57 Å². The van der Waals surface area contributed by atoms with Crippen molar-refractivity contribution in [1.29, 1.82) is 0 Å². The molecule has 2 aromatic rings. The highest BCUT2D eigenvalue weighted by Gasteiger charge is 2.34. The normalized spacial score (nSPS) is 19.9. The van der Waals surface area contributed by atoms with E-state index < -0.39 is 0 Å². The molecule has 4 rings (SSSR count). The Morgan fingerprint density at radius 3 is 2.56 bits per heavy atom. The Balaban J connectivity index is 1.31. The molecule has 4 nitrogen and oxygen atoms in total. The molecule has 2 aliphatic rings. The third kappa shape index (κ3) is 3.68. The van der Waals surface area contributed by atoms with Crippen LogP contribution < -0.4 is 5.32 Å². The molecular weight excluding hydrogens is 334 g/mol. The lowest BCUT2D eigenvalue weighted by molar-refractivity contribution is 0.0693. The van der Waals surface area contributed by atoms with Crippen molar-refractivity contribution in [3.05, 3.63) is 77.4 Å². The molecule has 2 aliphatic heterocycles. The minimum absolute atomic E-state index is 0.000338. The third-order valence-corrected chi connectivity index (χ3v) is 5.64. The molecule has 1 unspecified atom stereocenters. The summed E-state index contributed by atoms with van der Waals surface area (Å²) in [6.07, 6.45) is 4.44. The molecular formula is C23H27N3O. The summed E-state index contributed by atoms with van der Waals surface area (Å²) in [5.41, 5.74) is 4.73. The Hall–Kier alpha value is -2.43. The van der Waals surface area contributed by atoms with Crippen molar-refractivity contribution in [2.45, 2.75) is 19.0 Å². The van der Waals surface area contributed by atoms with Gasteiger partial charge in [-0.2, -0.15) is 0 Å². The van der Waals surface area contributed by atoms with Gasteiger partial charge in [0.2, 0.25) is 0 Å². The molecule has 0 aliphatic carbocycles. The van der Waals surface area contributed by atoms with Gasteiger partial charge in [-0.05, 0) is 37.1 Å². The lowest BCUT2D eigenvalue weighted by Gasteiger charge is -2.29. The second-order valence-corrected chi connectivity index (χ2v) is 7.28. The number of hydrogen-bond donors (Lipinski definition) is 1. The second kappa shape index (κ2) is 8.07. The van der Waals surface area contributed by atoms with Gasteiger partial charge in [0.1, 0.15) is 6.17 Å². The van der Waals surface area contributed by atoms with Crippen LogP contribution in [0.3, 0.4) is 0 Å². The molecule has 2 heterocycles. The highest BCUT2D eigenvalue weighted by atomic mass is 16.2. The van der Waals surface area contributed by atoms with E-state index in [0.29, 0.717) is 0 Å². The number of hydrogen-bond acceptors (Lipinski definition) is 3. The van der Waals surface area contributed by atoms with E-state index in [1.54, 1.807) is 0 Å². The van der Waals surface area contributed by atoms with E-state index in [4.69, 9.17) is 0 Å². The Morgan fingerprint density at radius 1 is 1.04 bits per heavy atom. The first-order chi connectivity index (χ1) is 13.3. The minimum Gasteiger partial charge on any atom is -0.319 e. The van der Waals surface area contributed by atoms with Crippen molar-refractivity contribution in [2.24, 2.45) is 0 Å². The quantitative estimate of drug-likeness (QED) is 0.855. The fourth-order valence-electron chi connectivity index (χ4n) is 4.21. The number of carbonyl (C=O) groups is 1. The summed E-state index contributed by atoms with van der Waals surface area (Å²) in [6, 6.07) is 18.6. The summed E-state index contributed by atoms with van der Waals surface area (Å²) in [4.78, 5) is 17.2. The molecule has 0 bridgehead atoms. The van der Waals surface area contributed by atoms with Gasteiger partial charge < -0.3 is 4.90 Å². The standard InChI is InChI=1S/C23H27N3O/c1-24-22-20-10-5-6-11-21(20)23(27)26(22)15-7-14-25-16-12-19(13-17-25)18-8-3-2-4-9-18/h2-6,8-12,22,24H,7,13-17H2,1H3. The zero-order chi connectivity index (χ0) is 18.6. The first-order valence-corrected chi connectivity index (χ1v) is 9.82. The van der Waals surface area contributed by atoms with Crippen molar-refractivity contribution in [1.82, 2.24) is 15.1 Å². The Bertz CT molecular complexity index is 831. The van der Waals surface area contributed by atoms with Gasteiger partial charge in [-0.15, -0.1) is 0 Å². The Labute approximate surface area is 161 Å². The fraction of sp³-hybridized carbons (Fsp3) is 0.348. The number of nitrogens with one attached hydrogen (secondary N) is 1. The Morgan fingerprint density at radius 2 is 1.81 bits per heavy atom. The predicted octanol–water partition coefficient (Wildman–Crippen LogP) is 3.54. The highest BCUT2D eigenvalue weighted by Crippen LogP contribution is 2.31. The lowest BCUT2D eigenvalue weighted by Crippen LogP contribution is -2.37. The molecule has 2 aromatic carbocycles. The van der Waals surface area contributed by atoms with Crippen molar-refractivity contribution >= 4 is 11.5 Å². The van der Waals surface area contributed by atoms with E-state index in [-0.39, 0.29) is 12.1 Å². The summed E-state index contributed by atoms with van der Waals surface area (Å²) >= 11 is 0. The SMILES string of the molecule is CNC1c2ccccc2C(=O)N1CCCN1CC=C(c2ccccc2)CC1. The lowest BCUT2D eigenvalue weighted by atomic mass is 9.99. The third-order valence-electron chi connectivity index (χ3n) is 5.64. The van der Waals surface area contributed by atoms with Crippen LogP contribution >= 0.6 is 0 Å². The molecule has 27 heavy (non-hydrogen) atoms. The van der Waals surface area contributed by atoms with Gasteiger partial charge >= 0.3 is 0 Å². The molecule has 1 atom stereocenters. The van der Waals surface area contributed by atoms with E-state index in [2.05, 4.69) is 52.7 Å². The van der Waals surface area contributed by atoms with Crippen LogP contribution in [0.2, 0.25) is 0 Å². The smallest absolute Gasteiger partial charge is 0.255 e. The number of nitrogens with zero attached hydrogens (tertiary/aromatic N) is 2. The monoisotopic (exact) mass is 361 g/mol. The van der Waals surface area contributed by atoms with Crippen LogP contribution in [0, 0.1) is 0 Å². The zero-order valence-electron chi connectivity index (χ0n) is 15.9. The molecule has 1 amide bonds. The van der Waals surface area contributed by atoms with E-state index in [1.807, 2.05) is 30.1 Å². The molecule has 140 valence electrons. The van der Waals surface area contributed by atoms with Crippen LogP contribution in [-0.2, 0) is 0 Å². The number of rotatable bonds is 6. The van der Waals surface area contributed by atoms with Gasteiger partial charge in [0, 0.05) is 37.3 Å². The molecule has 1 N–H and O–H groups in total. The zero-order valence-corrected chi connectivity index (χ0v) is 15.9. The summed E-state index contributed by atoms with van der Waals surface area (Å²) in [5.74, 6) is 0.148. The summed E-state index contributed by atoms with van der Waals surface area (Å²) < 4.78 is 0. The summed E-state index contributed by atoms with van der Waals surface area (Å²) in [7, 11) is 1.92. The molecule has 0 fully saturated rings. The van der Waals surface area contributed by atoms with E-state index in [0.717, 1.165) is 50.1 Å². The predicted molar refractivity (Wildman–Crippen MR) is 109 cm³/mol. The first kappa shape index (κ1) is 18.0. The van der Waals surface area contributed by atoms with Crippen LogP contribution in [-0.4, -0.2) is 48.9 Å². The van der Waals surface area contributed by atoms with E-state index in [1.165, 1.54) is 11.1 Å². The number of benzene rings is 2.